The summed E-state index contributed by atoms with van der Waals surface area (Å²) < 4.78 is 7.31. The number of allylic oxidation sites excluding steroid dienone is 1. The molecule has 2 N–H and O–H groups in total. The Labute approximate surface area is 228 Å². The molecule has 11 nitrogen and oxygen atoms in total. The number of fused-ring (bicyclic) bond motifs is 1. The zero-order valence-electron chi connectivity index (χ0n) is 21.2. The molecule has 2 aromatic heterocycles. The van der Waals surface area contributed by atoms with Gasteiger partial charge in [-0.1, -0.05) is 36.0 Å². The number of carbonyl (C=O) groups excluding carboxylic acids is 1. The number of amides is 1. The van der Waals surface area contributed by atoms with Crippen molar-refractivity contribution in [3.63, 3.8) is 0 Å². The van der Waals surface area contributed by atoms with E-state index in [1.165, 1.54) is 23.9 Å². The Hall–Kier alpha value is -4.71. The number of nitrogens with one attached hydrogen (secondary N) is 2. The van der Waals surface area contributed by atoms with E-state index in [1.807, 2.05) is 38.1 Å². The van der Waals surface area contributed by atoms with E-state index in [1.54, 1.807) is 41.3 Å². The number of aromatic nitrogens is 4. The third-order valence-corrected chi connectivity index (χ3v) is 6.93. The number of nitrogens with zero attached hydrogens (tertiary/aromatic N) is 5. The summed E-state index contributed by atoms with van der Waals surface area (Å²) in [5.74, 6) is 1.48. The maximum atomic E-state index is 13.6. The molecule has 198 valence electrons. The molecule has 3 heterocycles. The maximum Gasteiger partial charge on any atom is 0.269 e. The number of hydrogen-bond acceptors (Lipinski definition) is 9. The first kappa shape index (κ1) is 25.9. The molecule has 1 amide bonds. The molecule has 12 heteroatoms. The van der Waals surface area contributed by atoms with Crippen molar-refractivity contribution in [2.75, 3.05) is 17.2 Å². The zero-order chi connectivity index (χ0) is 27.4. The summed E-state index contributed by atoms with van der Waals surface area (Å²) in [5, 5.41) is 22.3. The molecule has 0 radical (unpaired) electrons. The predicted octanol–water partition coefficient (Wildman–Crippen LogP) is 5.20. The summed E-state index contributed by atoms with van der Waals surface area (Å²) in [6.07, 6.45) is 3.23. The number of nitro benzene ring substituents is 1. The minimum Gasteiger partial charge on any atom is -0.494 e. The lowest BCUT2D eigenvalue weighted by Crippen LogP contribution is -2.31. The highest BCUT2D eigenvalue weighted by Crippen LogP contribution is 2.37. The second-order valence-corrected chi connectivity index (χ2v) is 9.58. The zero-order valence-corrected chi connectivity index (χ0v) is 22.0. The monoisotopic (exact) mass is 543 g/mol. The molecular weight excluding hydrogens is 518 g/mol. The van der Waals surface area contributed by atoms with E-state index in [9.17, 15) is 14.9 Å². The van der Waals surface area contributed by atoms with Gasteiger partial charge in [-0.15, -0.1) is 5.10 Å². The van der Waals surface area contributed by atoms with Crippen molar-refractivity contribution in [3.05, 3.63) is 106 Å². The fourth-order valence-electron chi connectivity index (χ4n) is 4.20. The fourth-order valence-corrected chi connectivity index (χ4v) is 4.99. The van der Waals surface area contributed by atoms with Gasteiger partial charge < -0.3 is 15.4 Å². The number of nitro groups is 1. The molecule has 1 aliphatic heterocycles. The number of non-ortho nitro benzene ring substituents is 1. The molecule has 39 heavy (non-hydrogen) atoms. The smallest absolute Gasteiger partial charge is 0.269 e. The first-order valence-corrected chi connectivity index (χ1v) is 13.2. The van der Waals surface area contributed by atoms with Crippen LogP contribution in [0.15, 0.2) is 89.5 Å². The van der Waals surface area contributed by atoms with E-state index < -0.39 is 11.0 Å². The van der Waals surface area contributed by atoms with Crippen LogP contribution in [0, 0.1) is 10.1 Å². The number of thioether (sulfide) groups is 1. The second-order valence-electron chi connectivity index (χ2n) is 8.64. The van der Waals surface area contributed by atoms with Crippen LogP contribution in [-0.2, 0) is 10.5 Å². The minimum absolute atomic E-state index is 0.0420. The van der Waals surface area contributed by atoms with Gasteiger partial charge in [0, 0.05) is 29.8 Å². The van der Waals surface area contributed by atoms with E-state index in [0.717, 1.165) is 16.9 Å². The SMILES string of the molecule is CCOc1ccc(C2C(C(=O)Nc3cccnc3)=C(C)Nc3nc(SCc4ccc([N+](=O)[O-])cc4)nn32)cc1. The van der Waals surface area contributed by atoms with Crippen LogP contribution in [0.25, 0.3) is 0 Å². The Balaban J connectivity index is 1.45. The molecule has 5 rings (SSSR count). The van der Waals surface area contributed by atoms with Gasteiger partial charge in [-0.2, -0.15) is 4.98 Å². The quantitative estimate of drug-likeness (QED) is 0.166. The third kappa shape index (κ3) is 5.75. The van der Waals surface area contributed by atoms with Gasteiger partial charge in [0.05, 0.1) is 29.0 Å². The van der Waals surface area contributed by atoms with Gasteiger partial charge in [-0.25, -0.2) is 4.68 Å². The fraction of sp³-hybridized carbons (Fsp3) is 0.185. The van der Waals surface area contributed by atoms with Crippen LogP contribution in [-0.4, -0.2) is 37.2 Å². The molecule has 1 atom stereocenters. The second kappa shape index (κ2) is 11.4. The standard InChI is InChI=1S/C27H25N7O4S/c1-3-38-22-12-8-19(9-13-22)24-23(25(35)30-20-5-4-14-28-15-20)17(2)29-26-31-27(32-33(24)26)39-16-18-6-10-21(11-7-18)34(36)37/h4-15,24H,3,16H2,1-2H3,(H,30,35)(H,29,31,32). The largest absolute Gasteiger partial charge is 0.494 e. The Kier molecular flexibility index (Phi) is 7.55. The average molecular weight is 544 g/mol. The van der Waals surface area contributed by atoms with Gasteiger partial charge in [-0.05, 0) is 49.2 Å². The van der Waals surface area contributed by atoms with Gasteiger partial charge in [0.25, 0.3) is 11.6 Å². The van der Waals surface area contributed by atoms with Crippen LogP contribution in [0.1, 0.15) is 31.0 Å². The van der Waals surface area contributed by atoms with Gasteiger partial charge in [-0.3, -0.25) is 19.9 Å². The van der Waals surface area contributed by atoms with Crippen LogP contribution in [0.5, 0.6) is 5.75 Å². The number of pyridine rings is 1. The van der Waals surface area contributed by atoms with Crippen LogP contribution >= 0.6 is 11.8 Å². The number of anilines is 2. The van der Waals surface area contributed by atoms with E-state index in [-0.39, 0.29) is 11.6 Å². The topological polar surface area (TPSA) is 137 Å². The van der Waals surface area contributed by atoms with Gasteiger partial charge >= 0.3 is 0 Å². The minimum atomic E-state index is -0.546. The highest BCUT2D eigenvalue weighted by molar-refractivity contribution is 7.98. The molecule has 0 bridgehead atoms. The Morgan fingerprint density at radius 1 is 1.18 bits per heavy atom. The molecule has 2 aromatic carbocycles. The number of rotatable bonds is 9. The number of carbonyl (C=O) groups is 1. The van der Waals surface area contributed by atoms with Gasteiger partial charge in [0.1, 0.15) is 11.8 Å². The predicted molar refractivity (Wildman–Crippen MR) is 148 cm³/mol. The van der Waals surface area contributed by atoms with Crippen molar-refractivity contribution in [2.45, 2.75) is 30.8 Å². The van der Waals surface area contributed by atoms with Gasteiger partial charge in [0.15, 0.2) is 0 Å². The van der Waals surface area contributed by atoms with Crippen molar-refractivity contribution >= 4 is 35.0 Å². The van der Waals surface area contributed by atoms with Crippen LogP contribution in [0.2, 0.25) is 0 Å². The summed E-state index contributed by atoms with van der Waals surface area (Å²) in [4.78, 5) is 32.8. The highest BCUT2D eigenvalue weighted by atomic mass is 32.2. The maximum absolute atomic E-state index is 13.6. The summed E-state index contributed by atoms with van der Waals surface area (Å²) in [6.45, 7) is 4.31. The summed E-state index contributed by atoms with van der Waals surface area (Å²) >= 11 is 1.40. The summed E-state index contributed by atoms with van der Waals surface area (Å²) in [7, 11) is 0. The van der Waals surface area contributed by atoms with Gasteiger partial charge in [0.2, 0.25) is 11.1 Å². The Morgan fingerprint density at radius 2 is 1.95 bits per heavy atom. The molecule has 1 unspecified atom stereocenters. The molecule has 0 saturated carbocycles. The Morgan fingerprint density at radius 3 is 2.62 bits per heavy atom. The molecule has 0 spiro atoms. The van der Waals surface area contributed by atoms with Crippen molar-refractivity contribution in [1.29, 1.82) is 0 Å². The first-order chi connectivity index (χ1) is 18.9. The summed E-state index contributed by atoms with van der Waals surface area (Å²) in [6, 6.07) is 16.9. The van der Waals surface area contributed by atoms with Crippen LogP contribution in [0.3, 0.4) is 0 Å². The van der Waals surface area contributed by atoms with Crippen LogP contribution in [0.4, 0.5) is 17.3 Å². The molecule has 0 saturated heterocycles. The van der Waals surface area contributed by atoms with E-state index in [0.29, 0.717) is 40.4 Å². The number of benzene rings is 2. The van der Waals surface area contributed by atoms with Crippen molar-refractivity contribution < 1.29 is 14.5 Å². The van der Waals surface area contributed by atoms with Crippen LogP contribution < -0.4 is 15.4 Å². The number of ether oxygens (including phenoxy) is 1. The number of hydrogen-bond donors (Lipinski definition) is 2. The summed E-state index contributed by atoms with van der Waals surface area (Å²) in [5.41, 5.74) is 3.51. The Bertz CT molecular complexity index is 1520. The lowest BCUT2D eigenvalue weighted by Gasteiger charge is -2.28. The first-order valence-electron chi connectivity index (χ1n) is 12.2. The third-order valence-electron chi connectivity index (χ3n) is 6.02. The highest BCUT2D eigenvalue weighted by Gasteiger charge is 2.34. The van der Waals surface area contributed by atoms with E-state index in [4.69, 9.17) is 9.84 Å². The van der Waals surface area contributed by atoms with Crippen molar-refractivity contribution in [1.82, 2.24) is 19.7 Å². The lowest BCUT2D eigenvalue weighted by molar-refractivity contribution is -0.384. The molecule has 0 fully saturated rings. The lowest BCUT2D eigenvalue weighted by atomic mass is 9.95. The van der Waals surface area contributed by atoms with E-state index >= 15 is 0 Å². The average Bonchev–Trinajstić information content (AvgIpc) is 3.35. The van der Waals surface area contributed by atoms with Crippen molar-refractivity contribution in [3.8, 4) is 5.75 Å². The molecule has 4 aromatic rings. The van der Waals surface area contributed by atoms with E-state index in [2.05, 4.69) is 20.6 Å². The normalized spacial score (nSPS) is 14.4. The van der Waals surface area contributed by atoms with Crippen molar-refractivity contribution in [2.24, 2.45) is 0 Å². The molecule has 1 aliphatic rings. The molecular formula is C27H25N7O4S. The molecule has 0 aliphatic carbocycles.